The molecule has 2 nitrogen and oxygen atoms in total. The molecule has 14 heavy (non-hydrogen) atoms. The van der Waals surface area contributed by atoms with Gasteiger partial charge in [0.25, 0.3) is 0 Å². The van der Waals surface area contributed by atoms with Crippen LogP contribution >= 0.6 is 0 Å². The Kier molecular flexibility index (Phi) is 2.64. The normalized spacial score (nSPS) is 26.3. The quantitative estimate of drug-likeness (QED) is 0.680. The maximum Gasteiger partial charge on any atom is 0.128 e. The molecule has 1 fully saturated rings. The molecule has 1 aliphatic rings. The molecule has 0 saturated carbocycles. The van der Waals surface area contributed by atoms with Crippen LogP contribution < -0.4 is 0 Å². The number of carbonyl (C=O) groups excluding carboxylic acids is 1. The summed E-state index contributed by atoms with van der Waals surface area (Å²) in [6.07, 6.45) is 2.72. The number of ether oxygens (including phenoxy) is 1. The van der Waals surface area contributed by atoms with Crippen LogP contribution in [0.2, 0.25) is 0 Å². The number of rotatable bonds is 3. The molecule has 2 heteroatoms. The van der Waals surface area contributed by atoms with Gasteiger partial charge < -0.3 is 9.53 Å². The summed E-state index contributed by atoms with van der Waals surface area (Å²) < 4.78 is 5.29. The fraction of sp³-hybridized carbons (Fsp3) is 0.417. The van der Waals surface area contributed by atoms with E-state index in [-0.39, 0.29) is 5.41 Å². The summed E-state index contributed by atoms with van der Waals surface area (Å²) in [6.45, 7) is 1.29. The van der Waals surface area contributed by atoms with E-state index in [0.29, 0.717) is 13.2 Å². The van der Waals surface area contributed by atoms with Gasteiger partial charge in [0.05, 0.1) is 12.0 Å². The number of carbonyl (C=O) groups is 1. The van der Waals surface area contributed by atoms with Crippen LogP contribution in [0.15, 0.2) is 30.3 Å². The van der Waals surface area contributed by atoms with Gasteiger partial charge in [0, 0.05) is 6.61 Å². The summed E-state index contributed by atoms with van der Waals surface area (Å²) in [5, 5.41) is 0. The van der Waals surface area contributed by atoms with E-state index in [2.05, 4.69) is 12.1 Å². The first-order chi connectivity index (χ1) is 6.85. The highest BCUT2D eigenvalue weighted by molar-refractivity contribution is 5.61. The lowest BCUT2D eigenvalue weighted by atomic mass is 9.82. The molecule has 2 rings (SSSR count). The Morgan fingerprint density at radius 1 is 1.36 bits per heavy atom. The molecule has 1 aromatic carbocycles. The predicted molar refractivity (Wildman–Crippen MR) is 54.1 cm³/mol. The monoisotopic (exact) mass is 190 g/mol. The maximum atomic E-state index is 11.1. The minimum Gasteiger partial charge on any atom is -0.380 e. The molecule has 1 saturated heterocycles. The summed E-state index contributed by atoms with van der Waals surface area (Å²) >= 11 is 0. The predicted octanol–water partition coefficient (Wildman–Crippen LogP) is 1.83. The molecule has 1 unspecified atom stereocenters. The van der Waals surface area contributed by atoms with Gasteiger partial charge >= 0.3 is 0 Å². The Balaban J connectivity index is 2.12. The van der Waals surface area contributed by atoms with Gasteiger partial charge in [-0.25, -0.2) is 0 Å². The summed E-state index contributed by atoms with van der Waals surface area (Å²) in [4.78, 5) is 11.1. The molecular weight excluding hydrogens is 176 g/mol. The molecule has 0 amide bonds. The summed E-state index contributed by atoms with van der Waals surface area (Å²) in [5.74, 6) is 0. The van der Waals surface area contributed by atoms with Crippen LogP contribution in [0.25, 0.3) is 0 Å². The van der Waals surface area contributed by atoms with E-state index in [1.54, 1.807) is 0 Å². The van der Waals surface area contributed by atoms with Crippen LogP contribution in [0.4, 0.5) is 0 Å². The lowest BCUT2D eigenvalue weighted by Crippen LogP contribution is -2.25. The molecule has 74 valence electrons. The van der Waals surface area contributed by atoms with Gasteiger partial charge in [0.1, 0.15) is 6.29 Å². The second kappa shape index (κ2) is 3.93. The Morgan fingerprint density at radius 3 is 2.71 bits per heavy atom. The van der Waals surface area contributed by atoms with Gasteiger partial charge in [0.15, 0.2) is 0 Å². The Labute approximate surface area is 83.9 Å². The lowest BCUT2D eigenvalue weighted by molar-refractivity contribution is -0.116. The fourth-order valence-corrected chi connectivity index (χ4v) is 1.90. The Bertz CT molecular complexity index is 299. The minimum atomic E-state index is -0.263. The van der Waals surface area contributed by atoms with Crippen LogP contribution in [-0.4, -0.2) is 19.5 Å². The van der Waals surface area contributed by atoms with Gasteiger partial charge in [-0.15, -0.1) is 0 Å². The highest BCUT2D eigenvalue weighted by Gasteiger charge is 2.34. The number of benzene rings is 1. The van der Waals surface area contributed by atoms with Crippen LogP contribution in [-0.2, 0) is 16.0 Å². The smallest absolute Gasteiger partial charge is 0.128 e. The second-order valence-corrected chi connectivity index (χ2v) is 3.95. The lowest BCUT2D eigenvalue weighted by Gasteiger charge is -2.19. The van der Waals surface area contributed by atoms with E-state index in [4.69, 9.17) is 4.74 Å². The highest BCUT2D eigenvalue weighted by atomic mass is 16.5. The molecule has 1 aromatic rings. The third-order valence-electron chi connectivity index (χ3n) is 2.78. The summed E-state index contributed by atoms with van der Waals surface area (Å²) in [5.41, 5.74) is 0.951. The van der Waals surface area contributed by atoms with Gasteiger partial charge in [0.2, 0.25) is 0 Å². The zero-order chi connectivity index (χ0) is 9.86. The van der Waals surface area contributed by atoms with Crippen molar-refractivity contribution in [3.05, 3.63) is 35.9 Å². The Hall–Kier alpha value is -1.15. The first kappa shape index (κ1) is 9.41. The largest absolute Gasteiger partial charge is 0.380 e. The van der Waals surface area contributed by atoms with Crippen LogP contribution in [0.3, 0.4) is 0 Å². The molecule has 0 aliphatic carbocycles. The van der Waals surface area contributed by atoms with E-state index in [1.165, 1.54) is 5.56 Å². The van der Waals surface area contributed by atoms with E-state index in [1.807, 2.05) is 18.2 Å². The first-order valence-corrected chi connectivity index (χ1v) is 4.93. The van der Waals surface area contributed by atoms with E-state index < -0.39 is 0 Å². The molecule has 1 heterocycles. The van der Waals surface area contributed by atoms with Gasteiger partial charge in [-0.2, -0.15) is 0 Å². The van der Waals surface area contributed by atoms with E-state index in [0.717, 1.165) is 19.1 Å². The molecule has 0 N–H and O–H groups in total. The van der Waals surface area contributed by atoms with E-state index >= 15 is 0 Å². The number of aldehydes is 1. The molecule has 0 aromatic heterocycles. The molecule has 1 aliphatic heterocycles. The fourth-order valence-electron chi connectivity index (χ4n) is 1.90. The highest BCUT2D eigenvalue weighted by Crippen LogP contribution is 2.30. The molecular formula is C12H14O2. The van der Waals surface area contributed by atoms with Crippen molar-refractivity contribution in [1.82, 2.24) is 0 Å². The van der Waals surface area contributed by atoms with Crippen molar-refractivity contribution in [3.8, 4) is 0 Å². The first-order valence-electron chi connectivity index (χ1n) is 4.93. The van der Waals surface area contributed by atoms with Crippen LogP contribution in [0.5, 0.6) is 0 Å². The molecule has 0 spiro atoms. The summed E-state index contributed by atoms with van der Waals surface area (Å²) in [7, 11) is 0. The Morgan fingerprint density at radius 2 is 2.14 bits per heavy atom. The second-order valence-electron chi connectivity index (χ2n) is 3.95. The zero-order valence-electron chi connectivity index (χ0n) is 8.11. The van der Waals surface area contributed by atoms with Crippen molar-refractivity contribution in [2.45, 2.75) is 12.8 Å². The minimum absolute atomic E-state index is 0.263. The van der Waals surface area contributed by atoms with Gasteiger partial charge in [-0.1, -0.05) is 30.3 Å². The van der Waals surface area contributed by atoms with Crippen molar-refractivity contribution in [1.29, 1.82) is 0 Å². The van der Waals surface area contributed by atoms with Crippen molar-refractivity contribution in [2.75, 3.05) is 13.2 Å². The van der Waals surface area contributed by atoms with Crippen molar-refractivity contribution in [3.63, 3.8) is 0 Å². The average Bonchev–Trinajstić information content (AvgIpc) is 2.69. The van der Waals surface area contributed by atoms with Gasteiger partial charge in [-0.3, -0.25) is 0 Å². The standard InChI is InChI=1S/C12H14O2/c13-9-12(6-7-14-10-12)8-11-4-2-1-3-5-11/h1-5,9H,6-8,10H2. The maximum absolute atomic E-state index is 11.1. The zero-order valence-corrected chi connectivity index (χ0v) is 8.11. The summed E-state index contributed by atoms with van der Waals surface area (Å²) in [6, 6.07) is 10.1. The number of hydrogen-bond donors (Lipinski definition) is 0. The van der Waals surface area contributed by atoms with Gasteiger partial charge in [-0.05, 0) is 18.4 Å². The number of hydrogen-bond acceptors (Lipinski definition) is 2. The van der Waals surface area contributed by atoms with Crippen molar-refractivity contribution < 1.29 is 9.53 Å². The average molecular weight is 190 g/mol. The third-order valence-corrected chi connectivity index (χ3v) is 2.78. The molecule has 0 bridgehead atoms. The van der Waals surface area contributed by atoms with Crippen molar-refractivity contribution >= 4 is 6.29 Å². The third kappa shape index (κ3) is 1.85. The molecule has 0 radical (unpaired) electrons. The van der Waals surface area contributed by atoms with E-state index in [9.17, 15) is 4.79 Å². The van der Waals surface area contributed by atoms with Crippen LogP contribution in [0, 0.1) is 5.41 Å². The topological polar surface area (TPSA) is 26.3 Å². The SMILES string of the molecule is O=CC1(Cc2ccccc2)CCOC1. The van der Waals surface area contributed by atoms with Crippen molar-refractivity contribution in [2.24, 2.45) is 5.41 Å². The van der Waals surface area contributed by atoms with Crippen LogP contribution in [0.1, 0.15) is 12.0 Å². The molecule has 1 atom stereocenters.